The first-order valence-electron chi connectivity index (χ1n) is 6.59. The van der Waals surface area contributed by atoms with Gasteiger partial charge in [0, 0.05) is 28.4 Å². The molecule has 0 spiro atoms. The molecule has 0 unspecified atom stereocenters. The summed E-state index contributed by atoms with van der Waals surface area (Å²) in [6.45, 7) is 2.60. The molecule has 114 valence electrons. The minimum Gasteiger partial charge on any atom is -0.303 e. The summed E-state index contributed by atoms with van der Waals surface area (Å²) in [6.07, 6.45) is 1.66. The average Bonchev–Trinajstić information content (AvgIpc) is 3.08. The van der Waals surface area contributed by atoms with Crippen LogP contribution in [0.3, 0.4) is 0 Å². The van der Waals surface area contributed by atoms with Gasteiger partial charge < -0.3 is 4.57 Å². The van der Waals surface area contributed by atoms with E-state index in [1.54, 1.807) is 22.7 Å². The van der Waals surface area contributed by atoms with Crippen LogP contribution in [0.15, 0.2) is 45.9 Å². The maximum atomic E-state index is 11.7. The molecule has 0 radical (unpaired) electrons. The SMILES string of the molecule is Cc1csc(=O)n1CCSc1nncn1-c1cccc(Cl)c1. The first kappa shape index (κ1) is 15.3. The van der Waals surface area contributed by atoms with Crippen molar-refractivity contribution in [3.05, 3.63) is 56.4 Å². The van der Waals surface area contributed by atoms with Crippen molar-refractivity contribution in [3.63, 3.8) is 0 Å². The molecule has 0 aliphatic rings. The highest BCUT2D eigenvalue weighted by Gasteiger charge is 2.09. The normalized spacial score (nSPS) is 11.0. The predicted octanol–water partition coefficient (Wildman–Crippen LogP) is 3.24. The highest BCUT2D eigenvalue weighted by atomic mass is 35.5. The number of aryl methyl sites for hydroxylation is 1. The Morgan fingerprint density at radius 1 is 1.41 bits per heavy atom. The molecule has 0 bridgehead atoms. The van der Waals surface area contributed by atoms with E-state index in [-0.39, 0.29) is 4.87 Å². The minimum absolute atomic E-state index is 0.0782. The Morgan fingerprint density at radius 3 is 3.00 bits per heavy atom. The molecule has 1 aromatic carbocycles. The Balaban J connectivity index is 1.72. The van der Waals surface area contributed by atoms with Crippen LogP contribution < -0.4 is 4.87 Å². The van der Waals surface area contributed by atoms with Gasteiger partial charge >= 0.3 is 4.87 Å². The fourth-order valence-electron chi connectivity index (χ4n) is 2.03. The second-order valence-electron chi connectivity index (χ2n) is 4.61. The smallest absolute Gasteiger partial charge is 0.303 e. The van der Waals surface area contributed by atoms with Crippen molar-refractivity contribution in [1.82, 2.24) is 19.3 Å². The van der Waals surface area contributed by atoms with Gasteiger partial charge in [-0.3, -0.25) is 9.36 Å². The van der Waals surface area contributed by atoms with Crippen molar-refractivity contribution < 1.29 is 0 Å². The molecular formula is C14H13ClN4OS2. The Morgan fingerprint density at radius 2 is 2.27 bits per heavy atom. The van der Waals surface area contributed by atoms with Crippen LogP contribution in [0.1, 0.15) is 5.69 Å². The zero-order valence-electron chi connectivity index (χ0n) is 11.8. The molecule has 0 aliphatic carbocycles. The third kappa shape index (κ3) is 3.26. The molecule has 0 aliphatic heterocycles. The van der Waals surface area contributed by atoms with Crippen molar-refractivity contribution in [3.8, 4) is 5.69 Å². The molecule has 0 saturated carbocycles. The standard InChI is InChI=1S/C14H13ClN4OS2/c1-10-8-22-14(20)18(10)5-6-21-13-17-16-9-19(13)12-4-2-3-11(15)7-12/h2-4,7-9H,5-6H2,1H3. The number of thiazole rings is 1. The fraction of sp³-hybridized carbons (Fsp3) is 0.214. The van der Waals surface area contributed by atoms with Crippen LogP contribution in [0.4, 0.5) is 0 Å². The summed E-state index contributed by atoms with van der Waals surface area (Å²) in [5, 5.41) is 11.4. The lowest BCUT2D eigenvalue weighted by Gasteiger charge is -2.07. The first-order valence-corrected chi connectivity index (χ1v) is 8.83. The number of halogens is 1. The van der Waals surface area contributed by atoms with E-state index in [0.717, 1.165) is 22.3 Å². The lowest BCUT2D eigenvalue weighted by molar-refractivity contribution is 0.729. The highest BCUT2D eigenvalue weighted by Crippen LogP contribution is 2.21. The Kier molecular flexibility index (Phi) is 4.66. The molecule has 2 aromatic heterocycles. The van der Waals surface area contributed by atoms with Crippen LogP contribution in [-0.4, -0.2) is 25.1 Å². The number of rotatable bonds is 5. The molecule has 8 heteroatoms. The molecule has 22 heavy (non-hydrogen) atoms. The van der Waals surface area contributed by atoms with Gasteiger partial charge in [-0.1, -0.05) is 40.8 Å². The Labute approximate surface area is 140 Å². The number of thioether (sulfide) groups is 1. The summed E-state index contributed by atoms with van der Waals surface area (Å²) >= 11 is 8.82. The molecule has 0 fully saturated rings. The summed E-state index contributed by atoms with van der Waals surface area (Å²) in [5.74, 6) is 0.747. The molecule has 0 N–H and O–H groups in total. The molecule has 3 rings (SSSR count). The van der Waals surface area contributed by atoms with Crippen molar-refractivity contribution in [2.75, 3.05) is 5.75 Å². The van der Waals surface area contributed by atoms with Crippen LogP contribution in [0.25, 0.3) is 5.69 Å². The lowest BCUT2D eigenvalue weighted by atomic mass is 10.3. The molecule has 2 heterocycles. The van der Waals surface area contributed by atoms with Gasteiger partial charge in [0.1, 0.15) is 6.33 Å². The van der Waals surface area contributed by atoms with Gasteiger partial charge in [0.05, 0.1) is 5.69 Å². The highest BCUT2D eigenvalue weighted by molar-refractivity contribution is 7.99. The molecule has 0 amide bonds. The number of hydrogen-bond acceptors (Lipinski definition) is 5. The van der Waals surface area contributed by atoms with Gasteiger partial charge in [-0.15, -0.1) is 10.2 Å². The van der Waals surface area contributed by atoms with E-state index >= 15 is 0 Å². The largest absolute Gasteiger partial charge is 0.307 e. The maximum Gasteiger partial charge on any atom is 0.307 e. The minimum atomic E-state index is 0.0782. The van der Waals surface area contributed by atoms with E-state index in [0.29, 0.717) is 11.6 Å². The number of nitrogens with zero attached hydrogens (tertiary/aromatic N) is 4. The monoisotopic (exact) mass is 352 g/mol. The van der Waals surface area contributed by atoms with E-state index in [4.69, 9.17) is 11.6 Å². The Bertz CT molecular complexity index is 839. The van der Waals surface area contributed by atoms with E-state index in [1.165, 1.54) is 11.3 Å². The third-order valence-electron chi connectivity index (χ3n) is 3.13. The number of benzene rings is 1. The topological polar surface area (TPSA) is 52.7 Å². The van der Waals surface area contributed by atoms with Crippen molar-refractivity contribution in [1.29, 1.82) is 0 Å². The first-order chi connectivity index (χ1) is 10.6. The Hall–Kier alpha value is -1.57. The molecule has 5 nitrogen and oxygen atoms in total. The third-order valence-corrected chi connectivity index (χ3v) is 5.16. The van der Waals surface area contributed by atoms with Gasteiger partial charge in [0.2, 0.25) is 0 Å². The zero-order valence-corrected chi connectivity index (χ0v) is 14.2. The van der Waals surface area contributed by atoms with Gasteiger partial charge in [-0.2, -0.15) is 0 Å². The quantitative estimate of drug-likeness (QED) is 0.661. The molecule has 0 saturated heterocycles. The van der Waals surface area contributed by atoms with Gasteiger partial charge in [0.25, 0.3) is 0 Å². The van der Waals surface area contributed by atoms with E-state index in [2.05, 4.69) is 10.2 Å². The van der Waals surface area contributed by atoms with Crippen LogP contribution >= 0.6 is 34.7 Å². The van der Waals surface area contributed by atoms with Gasteiger partial charge in [0.15, 0.2) is 5.16 Å². The van der Waals surface area contributed by atoms with Crippen molar-refractivity contribution in [2.45, 2.75) is 18.6 Å². The maximum absolute atomic E-state index is 11.7. The molecule has 3 aromatic rings. The molecule has 0 atom stereocenters. The number of aromatic nitrogens is 4. The zero-order chi connectivity index (χ0) is 15.5. The van der Waals surface area contributed by atoms with Crippen LogP contribution in [-0.2, 0) is 6.54 Å². The fourth-order valence-corrected chi connectivity index (χ4v) is 3.83. The van der Waals surface area contributed by atoms with E-state index < -0.39 is 0 Å². The predicted molar refractivity (Wildman–Crippen MR) is 90.4 cm³/mol. The van der Waals surface area contributed by atoms with Gasteiger partial charge in [-0.25, -0.2) is 0 Å². The van der Waals surface area contributed by atoms with Crippen molar-refractivity contribution in [2.24, 2.45) is 0 Å². The van der Waals surface area contributed by atoms with Gasteiger partial charge in [-0.05, 0) is 25.1 Å². The summed E-state index contributed by atoms with van der Waals surface area (Å²) in [4.78, 5) is 11.8. The second-order valence-corrected chi connectivity index (χ2v) is 6.93. The van der Waals surface area contributed by atoms with Crippen LogP contribution in [0.5, 0.6) is 0 Å². The van der Waals surface area contributed by atoms with Crippen LogP contribution in [0.2, 0.25) is 5.02 Å². The second kappa shape index (κ2) is 6.68. The average molecular weight is 353 g/mol. The molecular weight excluding hydrogens is 340 g/mol. The summed E-state index contributed by atoms with van der Waals surface area (Å²) in [6, 6.07) is 7.53. The van der Waals surface area contributed by atoms with E-state index in [9.17, 15) is 4.79 Å². The van der Waals surface area contributed by atoms with Crippen LogP contribution in [0, 0.1) is 6.92 Å². The van der Waals surface area contributed by atoms with Crippen molar-refractivity contribution >= 4 is 34.7 Å². The van der Waals surface area contributed by atoms with E-state index in [1.807, 2.05) is 41.1 Å². The lowest BCUT2D eigenvalue weighted by Crippen LogP contribution is -2.16. The summed E-state index contributed by atoms with van der Waals surface area (Å²) < 4.78 is 3.66. The summed E-state index contributed by atoms with van der Waals surface area (Å²) in [7, 11) is 0. The number of hydrogen-bond donors (Lipinski definition) is 0. The summed E-state index contributed by atoms with van der Waals surface area (Å²) in [5.41, 5.74) is 1.91.